The van der Waals surface area contributed by atoms with Crippen LogP contribution < -0.4 is 9.47 Å². The largest absolute Gasteiger partial charge is 0.467 e. The van der Waals surface area contributed by atoms with Crippen LogP contribution in [0.1, 0.15) is 11.1 Å². The third-order valence-electron chi connectivity index (χ3n) is 3.29. The van der Waals surface area contributed by atoms with Crippen molar-refractivity contribution < 1.29 is 23.9 Å². The lowest BCUT2D eigenvalue weighted by Crippen LogP contribution is -2.13. The van der Waals surface area contributed by atoms with Crippen LogP contribution in [-0.4, -0.2) is 17.7 Å². The van der Waals surface area contributed by atoms with Crippen molar-refractivity contribution in [3.8, 4) is 11.5 Å². The molecule has 24 heavy (non-hydrogen) atoms. The van der Waals surface area contributed by atoms with Crippen LogP contribution in [0.5, 0.6) is 11.5 Å². The summed E-state index contributed by atoms with van der Waals surface area (Å²) >= 11 is 0. The van der Waals surface area contributed by atoms with Gasteiger partial charge in [0.25, 0.3) is 5.69 Å². The zero-order valence-corrected chi connectivity index (χ0v) is 12.5. The Labute approximate surface area is 137 Å². The lowest BCUT2D eigenvalue weighted by Gasteiger charge is -2.19. The second-order valence-corrected chi connectivity index (χ2v) is 4.96. The molecule has 0 saturated heterocycles. The molecule has 0 unspecified atom stereocenters. The third kappa shape index (κ3) is 3.58. The molecule has 3 rings (SSSR count). The smallest absolute Gasteiger partial charge is 0.336 e. The number of nitro groups is 1. The summed E-state index contributed by atoms with van der Waals surface area (Å²) in [6.45, 7) is 0.270. The van der Waals surface area contributed by atoms with Gasteiger partial charge in [0.05, 0.1) is 11.5 Å². The van der Waals surface area contributed by atoms with Crippen molar-refractivity contribution in [3.63, 3.8) is 0 Å². The summed E-state index contributed by atoms with van der Waals surface area (Å²) in [6.07, 6.45) is 2.63. The molecule has 0 bridgehead atoms. The molecule has 0 amide bonds. The van der Waals surface area contributed by atoms with Crippen molar-refractivity contribution in [1.29, 1.82) is 0 Å². The summed E-state index contributed by atoms with van der Waals surface area (Å²) in [7, 11) is 0. The quantitative estimate of drug-likeness (QED) is 0.282. The minimum absolute atomic E-state index is 0.0557. The van der Waals surface area contributed by atoms with Crippen LogP contribution in [0.25, 0.3) is 6.08 Å². The molecular weight excluding hydrogens is 314 g/mol. The fourth-order valence-electron chi connectivity index (χ4n) is 2.26. The summed E-state index contributed by atoms with van der Waals surface area (Å²) in [5.41, 5.74) is 0.887. The van der Waals surface area contributed by atoms with Crippen molar-refractivity contribution in [3.05, 3.63) is 69.8 Å². The number of fused-ring (bicyclic) bond motifs is 1. The first-order valence-electron chi connectivity index (χ1n) is 7.10. The maximum Gasteiger partial charge on any atom is 0.336 e. The van der Waals surface area contributed by atoms with E-state index in [-0.39, 0.29) is 19.1 Å². The molecule has 2 aromatic rings. The second kappa shape index (κ2) is 6.93. The lowest BCUT2D eigenvalue weighted by molar-refractivity contribution is -0.385. The molecule has 0 atom stereocenters. The number of carbonyl (C=O) groups is 1. The van der Waals surface area contributed by atoms with Crippen molar-refractivity contribution in [2.45, 2.75) is 6.61 Å². The SMILES string of the molecule is O=C(/C=C/c1cc([N+](=O)[O-])cc2c1OCOC2)Oc1ccccc1. The van der Waals surface area contributed by atoms with Crippen molar-refractivity contribution in [2.75, 3.05) is 6.79 Å². The zero-order valence-electron chi connectivity index (χ0n) is 12.5. The summed E-state index contributed by atoms with van der Waals surface area (Å²) in [6, 6.07) is 11.4. The fourth-order valence-corrected chi connectivity index (χ4v) is 2.26. The molecule has 0 aromatic heterocycles. The number of nitrogens with zero attached hydrogens (tertiary/aromatic N) is 1. The van der Waals surface area contributed by atoms with Gasteiger partial charge in [-0.15, -0.1) is 0 Å². The average Bonchev–Trinajstić information content (AvgIpc) is 2.60. The standard InChI is InChI=1S/C17H13NO6/c19-16(24-15-4-2-1-3-5-15)7-6-12-8-14(18(20)21)9-13-10-22-11-23-17(12)13/h1-9H,10-11H2/b7-6+. The van der Waals surface area contributed by atoms with Crippen LogP contribution in [0.15, 0.2) is 48.5 Å². The van der Waals surface area contributed by atoms with E-state index in [9.17, 15) is 14.9 Å². The first-order valence-corrected chi connectivity index (χ1v) is 7.10. The van der Waals surface area contributed by atoms with E-state index in [0.29, 0.717) is 22.6 Å². The Hall–Kier alpha value is -3.19. The number of ether oxygens (including phenoxy) is 3. The van der Waals surface area contributed by atoms with Gasteiger partial charge in [-0.2, -0.15) is 0 Å². The number of non-ortho nitro benzene ring substituents is 1. The summed E-state index contributed by atoms with van der Waals surface area (Å²) < 4.78 is 15.7. The molecule has 0 fully saturated rings. The highest BCUT2D eigenvalue weighted by Gasteiger charge is 2.19. The van der Waals surface area contributed by atoms with E-state index in [1.807, 2.05) is 6.07 Å². The molecular formula is C17H13NO6. The van der Waals surface area contributed by atoms with Gasteiger partial charge in [0.2, 0.25) is 0 Å². The van der Waals surface area contributed by atoms with E-state index < -0.39 is 10.9 Å². The number of hydrogen-bond acceptors (Lipinski definition) is 6. The van der Waals surface area contributed by atoms with Crippen LogP contribution in [0.2, 0.25) is 0 Å². The topological polar surface area (TPSA) is 87.9 Å². The van der Waals surface area contributed by atoms with Gasteiger partial charge < -0.3 is 14.2 Å². The lowest BCUT2D eigenvalue weighted by atomic mass is 10.1. The maximum absolute atomic E-state index is 11.9. The minimum Gasteiger partial charge on any atom is -0.467 e. The highest BCUT2D eigenvalue weighted by molar-refractivity contribution is 5.89. The normalized spacial score (nSPS) is 13.2. The van der Waals surface area contributed by atoms with Gasteiger partial charge in [0.15, 0.2) is 6.79 Å². The Morgan fingerprint density at radius 1 is 1.25 bits per heavy atom. The molecule has 1 aliphatic heterocycles. The predicted octanol–water partition coefficient (Wildman–Crippen LogP) is 3.08. The fraction of sp³-hybridized carbons (Fsp3) is 0.118. The van der Waals surface area contributed by atoms with Crippen molar-refractivity contribution in [2.24, 2.45) is 0 Å². The predicted molar refractivity (Wildman–Crippen MR) is 84.5 cm³/mol. The highest BCUT2D eigenvalue weighted by Crippen LogP contribution is 2.33. The molecule has 1 aliphatic rings. The first kappa shape index (κ1) is 15.7. The summed E-state index contributed by atoms with van der Waals surface area (Å²) in [5.74, 6) is 0.294. The van der Waals surface area contributed by atoms with E-state index in [0.717, 1.165) is 0 Å². The Morgan fingerprint density at radius 2 is 2.04 bits per heavy atom. The van der Waals surface area contributed by atoms with Crippen LogP contribution in [-0.2, 0) is 16.1 Å². The molecule has 0 saturated carbocycles. The van der Waals surface area contributed by atoms with Gasteiger partial charge >= 0.3 is 5.97 Å². The molecule has 0 spiro atoms. The maximum atomic E-state index is 11.9. The monoisotopic (exact) mass is 327 g/mol. The number of rotatable bonds is 4. The minimum atomic E-state index is -0.589. The number of esters is 1. The van der Waals surface area contributed by atoms with E-state index >= 15 is 0 Å². The molecule has 1 heterocycles. The molecule has 122 valence electrons. The van der Waals surface area contributed by atoms with Crippen molar-refractivity contribution in [1.82, 2.24) is 0 Å². The van der Waals surface area contributed by atoms with Crippen LogP contribution in [0.3, 0.4) is 0 Å². The average molecular weight is 327 g/mol. The Bertz CT molecular complexity index is 800. The van der Waals surface area contributed by atoms with Crippen LogP contribution in [0.4, 0.5) is 5.69 Å². The number of benzene rings is 2. The Kier molecular flexibility index (Phi) is 4.53. The first-order chi connectivity index (χ1) is 11.6. The summed E-state index contributed by atoms with van der Waals surface area (Å²) in [5, 5.41) is 11.0. The summed E-state index contributed by atoms with van der Waals surface area (Å²) in [4.78, 5) is 22.4. The number of nitro benzene ring substituents is 1. The zero-order chi connectivity index (χ0) is 16.9. The van der Waals surface area contributed by atoms with Crippen LogP contribution >= 0.6 is 0 Å². The van der Waals surface area contributed by atoms with E-state index in [1.165, 1.54) is 24.3 Å². The Balaban J connectivity index is 1.84. The Morgan fingerprint density at radius 3 is 2.79 bits per heavy atom. The third-order valence-corrected chi connectivity index (χ3v) is 3.29. The van der Waals surface area contributed by atoms with Gasteiger partial charge in [0, 0.05) is 29.3 Å². The molecule has 0 N–H and O–H groups in total. The molecule has 7 heteroatoms. The van der Waals surface area contributed by atoms with Gasteiger partial charge in [-0.3, -0.25) is 10.1 Å². The van der Waals surface area contributed by atoms with Crippen molar-refractivity contribution >= 4 is 17.7 Å². The molecule has 0 radical (unpaired) electrons. The second-order valence-electron chi connectivity index (χ2n) is 4.96. The molecule has 2 aromatic carbocycles. The number of hydrogen-bond donors (Lipinski definition) is 0. The van der Waals surface area contributed by atoms with Gasteiger partial charge in [0.1, 0.15) is 11.5 Å². The number of para-hydroxylation sites is 1. The van der Waals surface area contributed by atoms with Gasteiger partial charge in [-0.25, -0.2) is 4.79 Å². The molecule has 0 aliphatic carbocycles. The van der Waals surface area contributed by atoms with Crippen LogP contribution in [0, 0.1) is 10.1 Å². The molecule has 7 nitrogen and oxygen atoms in total. The van der Waals surface area contributed by atoms with E-state index in [4.69, 9.17) is 14.2 Å². The highest BCUT2D eigenvalue weighted by atomic mass is 16.7. The van der Waals surface area contributed by atoms with E-state index in [2.05, 4.69) is 0 Å². The van der Waals surface area contributed by atoms with Gasteiger partial charge in [-0.1, -0.05) is 18.2 Å². The van der Waals surface area contributed by atoms with Gasteiger partial charge in [-0.05, 0) is 18.2 Å². The van der Waals surface area contributed by atoms with E-state index in [1.54, 1.807) is 24.3 Å². The number of carbonyl (C=O) groups excluding carboxylic acids is 1.